The van der Waals surface area contributed by atoms with E-state index in [0.29, 0.717) is 28.5 Å². The molecule has 10 heteroatoms. The predicted octanol–water partition coefficient (Wildman–Crippen LogP) is 1.60. The van der Waals surface area contributed by atoms with Crippen molar-refractivity contribution in [1.82, 2.24) is 4.90 Å². The summed E-state index contributed by atoms with van der Waals surface area (Å²) in [6.07, 6.45) is 0.890. The van der Waals surface area contributed by atoms with Crippen LogP contribution in [0.25, 0.3) is 11.1 Å². The second-order valence-corrected chi connectivity index (χ2v) is 10.2. The highest BCUT2D eigenvalue weighted by atomic mass is 16.3. The number of carbonyl (C=O) groups excluding carboxylic acids is 4. The van der Waals surface area contributed by atoms with Crippen LogP contribution in [0.3, 0.4) is 0 Å². The van der Waals surface area contributed by atoms with Gasteiger partial charge in [0.05, 0.1) is 11.6 Å². The van der Waals surface area contributed by atoms with Crippen molar-refractivity contribution < 1.29 is 39.6 Å². The number of aliphatic hydroxyl groups is 3. The number of aliphatic hydroxyl groups excluding tert-OH is 2. The number of phenolic OH excluding ortho intramolecular Hbond substituents is 1. The van der Waals surface area contributed by atoms with Gasteiger partial charge in [-0.25, -0.2) is 0 Å². The van der Waals surface area contributed by atoms with Crippen LogP contribution in [0.1, 0.15) is 32.7 Å². The average Bonchev–Trinajstić information content (AvgIpc) is 2.86. The molecule has 1 amide bonds. The number of nitrogens with zero attached hydrogens (tertiary/aromatic N) is 1. The number of hydrogen-bond donors (Lipinski definition) is 5. The minimum Gasteiger partial charge on any atom is -0.510 e. The molecule has 3 aliphatic carbocycles. The molecule has 5 rings (SSSR count). The van der Waals surface area contributed by atoms with Crippen molar-refractivity contribution >= 4 is 23.8 Å². The quantitative estimate of drug-likeness (QED) is 0.297. The highest BCUT2D eigenvalue weighted by Gasteiger charge is 2.63. The molecule has 2 aromatic rings. The monoisotopic (exact) mass is 518 g/mol. The third-order valence-electron chi connectivity index (χ3n) is 7.96. The maximum atomic E-state index is 13.8. The number of amides is 1. The van der Waals surface area contributed by atoms with Crippen molar-refractivity contribution in [2.75, 3.05) is 14.1 Å². The van der Waals surface area contributed by atoms with Crippen LogP contribution >= 0.6 is 0 Å². The molecule has 2 aromatic carbocycles. The molecule has 0 aromatic heterocycles. The normalized spacial score (nSPS) is 26.7. The number of hydrogen-bond acceptors (Lipinski definition) is 9. The van der Waals surface area contributed by atoms with E-state index in [1.54, 1.807) is 44.4 Å². The fourth-order valence-corrected chi connectivity index (χ4v) is 6.26. The van der Waals surface area contributed by atoms with E-state index in [9.17, 15) is 39.6 Å². The SMILES string of the molecule is CN(C)[C@H]1C(O)=C(C(N)=O)C(=O)[C@@]2(O)C(O)=C3C(=O)c4c(O)ccc(-c5ccc(C=O)cc5)c4C[C@H]3C[C@H]12. The zero-order valence-corrected chi connectivity index (χ0v) is 20.6. The third-order valence-corrected chi connectivity index (χ3v) is 7.96. The number of likely N-dealkylation sites (N-methyl/N-ethyl adjacent to an activating group) is 1. The molecule has 0 saturated heterocycles. The zero-order chi connectivity index (χ0) is 27.7. The van der Waals surface area contributed by atoms with E-state index in [1.807, 2.05) is 0 Å². The standard InChI is InChI=1S/C28H26N2O8/c1-30(2)22-17-10-14-9-16-15(13-5-3-12(11-31)4-6-13)7-8-18(32)20(16)23(33)19(14)25(35)28(17,38)26(36)21(24(22)34)27(29)37/h3-8,11,14,17,22,32,34-35,38H,9-10H2,1-2H3,(H2,29,37)/t14-,17+,22+,28-/m0/s1. The Hall–Kier alpha value is -4.28. The Balaban J connectivity index is 1.71. The lowest BCUT2D eigenvalue weighted by atomic mass is 9.58. The molecule has 4 atom stereocenters. The zero-order valence-electron chi connectivity index (χ0n) is 20.6. The number of fused-ring (bicyclic) bond motifs is 3. The second kappa shape index (κ2) is 8.64. The van der Waals surface area contributed by atoms with Gasteiger partial charge in [-0.3, -0.25) is 24.1 Å². The Morgan fingerprint density at radius 2 is 1.74 bits per heavy atom. The van der Waals surface area contributed by atoms with Gasteiger partial charge >= 0.3 is 0 Å². The van der Waals surface area contributed by atoms with Gasteiger partial charge in [0.2, 0.25) is 5.78 Å². The number of Topliss-reactive ketones (excluding diaryl/α,β-unsaturated/α-hetero) is 2. The van der Waals surface area contributed by atoms with Gasteiger partial charge in [-0.1, -0.05) is 30.3 Å². The van der Waals surface area contributed by atoms with Gasteiger partial charge in [0.25, 0.3) is 5.91 Å². The lowest BCUT2D eigenvalue weighted by Crippen LogP contribution is -2.63. The topological polar surface area (TPSA) is 178 Å². The minimum absolute atomic E-state index is 0.00490. The van der Waals surface area contributed by atoms with E-state index in [0.717, 1.165) is 0 Å². The van der Waals surface area contributed by atoms with Crippen molar-refractivity contribution in [1.29, 1.82) is 0 Å². The van der Waals surface area contributed by atoms with Crippen LogP contribution in [-0.4, -0.2) is 74.8 Å². The number of benzene rings is 2. The Bertz CT molecular complexity index is 1490. The molecule has 10 nitrogen and oxygen atoms in total. The number of ketones is 2. The highest BCUT2D eigenvalue weighted by molar-refractivity contribution is 6.24. The second-order valence-electron chi connectivity index (χ2n) is 10.2. The van der Waals surface area contributed by atoms with Crippen molar-refractivity contribution in [3.63, 3.8) is 0 Å². The van der Waals surface area contributed by atoms with E-state index < -0.39 is 58.0 Å². The summed E-state index contributed by atoms with van der Waals surface area (Å²) in [4.78, 5) is 51.8. The molecule has 3 aliphatic rings. The lowest BCUT2D eigenvalue weighted by molar-refractivity contribution is -0.148. The van der Waals surface area contributed by atoms with Crippen molar-refractivity contribution in [3.8, 4) is 16.9 Å². The Morgan fingerprint density at radius 1 is 1.08 bits per heavy atom. The molecule has 6 N–H and O–H groups in total. The maximum Gasteiger partial charge on any atom is 0.255 e. The first-order valence-corrected chi connectivity index (χ1v) is 12.0. The molecule has 0 unspecified atom stereocenters. The Kier molecular flexibility index (Phi) is 5.77. The first-order valence-electron chi connectivity index (χ1n) is 12.0. The van der Waals surface area contributed by atoms with Crippen LogP contribution in [0.2, 0.25) is 0 Å². The van der Waals surface area contributed by atoms with Crippen LogP contribution < -0.4 is 5.73 Å². The van der Waals surface area contributed by atoms with Crippen LogP contribution in [0.15, 0.2) is 59.1 Å². The van der Waals surface area contributed by atoms with Crippen LogP contribution in [-0.2, 0) is 16.0 Å². The summed E-state index contributed by atoms with van der Waals surface area (Å²) in [5.41, 5.74) is 3.88. The molecule has 0 spiro atoms. The van der Waals surface area contributed by atoms with Crippen molar-refractivity contribution in [3.05, 3.63) is 75.8 Å². The summed E-state index contributed by atoms with van der Waals surface area (Å²) < 4.78 is 0. The Morgan fingerprint density at radius 3 is 2.32 bits per heavy atom. The number of carbonyl (C=O) groups is 4. The molecule has 196 valence electrons. The fraction of sp³-hybridized carbons (Fsp3) is 0.286. The van der Waals surface area contributed by atoms with E-state index >= 15 is 0 Å². The fourth-order valence-electron chi connectivity index (χ4n) is 6.26. The molecule has 38 heavy (non-hydrogen) atoms. The van der Waals surface area contributed by atoms with Gasteiger partial charge in [0, 0.05) is 17.1 Å². The van der Waals surface area contributed by atoms with Crippen LogP contribution in [0.5, 0.6) is 5.75 Å². The molecular weight excluding hydrogens is 492 g/mol. The summed E-state index contributed by atoms with van der Waals surface area (Å²) in [7, 11) is 3.15. The summed E-state index contributed by atoms with van der Waals surface area (Å²) in [5, 5.41) is 44.5. The van der Waals surface area contributed by atoms with Crippen molar-refractivity contribution in [2.24, 2.45) is 17.6 Å². The van der Waals surface area contributed by atoms with Crippen LogP contribution in [0, 0.1) is 11.8 Å². The molecule has 0 fully saturated rings. The number of primary amides is 1. The van der Waals surface area contributed by atoms with Gasteiger partial charge in [-0.15, -0.1) is 0 Å². The van der Waals surface area contributed by atoms with Gasteiger partial charge in [0.15, 0.2) is 11.4 Å². The lowest BCUT2D eigenvalue weighted by Gasteiger charge is -2.50. The third kappa shape index (κ3) is 3.34. The number of nitrogens with two attached hydrogens (primary N) is 1. The summed E-state index contributed by atoms with van der Waals surface area (Å²) in [5.74, 6) is -6.92. The van der Waals surface area contributed by atoms with E-state index in [4.69, 9.17) is 5.73 Å². The molecular formula is C28H26N2O8. The van der Waals surface area contributed by atoms with Crippen LogP contribution in [0.4, 0.5) is 0 Å². The van der Waals surface area contributed by atoms with Crippen molar-refractivity contribution in [2.45, 2.75) is 24.5 Å². The Labute approximate surface area is 217 Å². The smallest absolute Gasteiger partial charge is 0.255 e. The van der Waals surface area contributed by atoms with E-state index in [1.165, 1.54) is 11.0 Å². The first-order chi connectivity index (χ1) is 17.9. The number of allylic oxidation sites excluding steroid dienone is 1. The summed E-state index contributed by atoms with van der Waals surface area (Å²) >= 11 is 0. The number of aldehydes is 1. The first kappa shape index (κ1) is 25.4. The van der Waals surface area contributed by atoms with Gasteiger partial charge < -0.3 is 26.2 Å². The molecule has 0 aliphatic heterocycles. The molecule has 0 saturated carbocycles. The molecule has 0 radical (unpaired) electrons. The van der Waals surface area contributed by atoms with Gasteiger partial charge in [-0.2, -0.15) is 0 Å². The molecule has 0 heterocycles. The summed E-state index contributed by atoms with van der Waals surface area (Å²) in [6, 6.07) is 8.65. The van der Waals surface area contributed by atoms with Gasteiger partial charge in [0.1, 0.15) is 29.1 Å². The summed E-state index contributed by atoms with van der Waals surface area (Å²) in [6.45, 7) is 0. The number of aromatic hydroxyl groups is 1. The highest BCUT2D eigenvalue weighted by Crippen LogP contribution is 2.53. The minimum atomic E-state index is -2.68. The largest absolute Gasteiger partial charge is 0.510 e. The maximum absolute atomic E-state index is 13.8. The number of rotatable bonds is 4. The van der Waals surface area contributed by atoms with E-state index in [-0.39, 0.29) is 29.7 Å². The van der Waals surface area contributed by atoms with E-state index in [2.05, 4.69) is 0 Å². The predicted molar refractivity (Wildman–Crippen MR) is 134 cm³/mol. The number of phenols is 1. The van der Waals surface area contributed by atoms with Gasteiger partial charge in [-0.05, 0) is 55.6 Å². The molecule has 0 bridgehead atoms. The average molecular weight is 519 g/mol.